The molecule has 1 aromatic heterocycles. The van der Waals surface area contributed by atoms with E-state index < -0.39 is 10.0 Å². The molecule has 0 amide bonds. The highest BCUT2D eigenvalue weighted by Gasteiger charge is 2.29. The number of rotatable bonds is 8. The second kappa shape index (κ2) is 6.99. The molecule has 19 heavy (non-hydrogen) atoms. The highest BCUT2D eigenvalue weighted by Crippen LogP contribution is 2.21. The van der Waals surface area contributed by atoms with E-state index in [2.05, 4.69) is 15.5 Å². The number of hydrogen-bond acceptors (Lipinski definition) is 5. The van der Waals surface area contributed by atoms with Gasteiger partial charge in [0.2, 0.25) is 10.0 Å². The summed E-state index contributed by atoms with van der Waals surface area (Å²) >= 11 is 0. The molecule has 8 heteroatoms. The first-order valence-corrected chi connectivity index (χ1v) is 7.60. The molecule has 0 bridgehead atoms. The maximum absolute atomic E-state index is 12.6. The molecule has 0 unspecified atom stereocenters. The second-order valence-corrected chi connectivity index (χ2v) is 6.02. The fraction of sp³-hybridized carbons (Fsp3) is 0.727. The Morgan fingerprint density at radius 2 is 2.16 bits per heavy atom. The first kappa shape index (κ1) is 16.1. The van der Waals surface area contributed by atoms with Crippen molar-refractivity contribution >= 4 is 10.0 Å². The summed E-state index contributed by atoms with van der Waals surface area (Å²) in [5, 5.41) is 9.70. The third kappa shape index (κ3) is 3.53. The molecule has 0 atom stereocenters. The average Bonchev–Trinajstić information content (AvgIpc) is 2.72. The van der Waals surface area contributed by atoms with Gasteiger partial charge in [-0.25, -0.2) is 8.42 Å². The summed E-state index contributed by atoms with van der Waals surface area (Å²) in [7, 11) is -0.240. The highest BCUT2D eigenvalue weighted by atomic mass is 32.2. The van der Waals surface area contributed by atoms with Gasteiger partial charge < -0.3 is 10.1 Å². The Morgan fingerprint density at radius 3 is 2.68 bits per heavy atom. The maximum Gasteiger partial charge on any atom is 0.246 e. The van der Waals surface area contributed by atoms with Crippen LogP contribution in [-0.4, -0.2) is 56.8 Å². The molecule has 0 saturated heterocycles. The lowest BCUT2D eigenvalue weighted by Gasteiger charge is -2.20. The van der Waals surface area contributed by atoms with Gasteiger partial charge in [0.1, 0.15) is 4.90 Å². The van der Waals surface area contributed by atoms with Crippen molar-refractivity contribution < 1.29 is 13.2 Å². The summed E-state index contributed by atoms with van der Waals surface area (Å²) in [6, 6.07) is 0. The Hall–Kier alpha value is -0.960. The minimum absolute atomic E-state index is 0.264. The standard InChI is InChI=1S/C11H22N4O3S/c1-5-15(6-7-18-4)19(16,17)11-9(2)13-14-10(11)8-12-3/h12H,5-8H2,1-4H3,(H,13,14). The Kier molecular flexibility index (Phi) is 5.92. The molecule has 0 spiro atoms. The number of methoxy groups -OCH3 is 1. The molecule has 0 fully saturated rings. The minimum Gasteiger partial charge on any atom is -0.383 e. The van der Waals surface area contributed by atoms with Crippen LogP contribution in [0.25, 0.3) is 0 Å². The van der Waals surface area contributed by atoms with Crippen molar-refractivity contribution in [3.8, 4) is 0 Å². The molecule has 1 rings (SSSR count). The number of H-pyrrole nitrogens is 1. The highest BCUT2D eigenvalue weighted by molar-refractivity contribution is 7.89. The number of hydrogen-bond donors (Lipinski definition) is 2. The largest absolute Gasteiger partial charge is 0.383 e. The summed E-state index contributed by atoms with van der Waals surface area (Å²) in [5.74, 6) is 0. The first-order valence-electron chi connectivity index (χ1n) is 6.16. The summed E-state index contributed by atoms with van der Waals surface area (Å²) < 4.78 is 31.6. The number of sulfonamides is 1. The van der Waals surface area contributed by atoms with E-state index in [1.54, 1.807) is 28.0 Å². The zero-order valence-corrected chi connectivity index (χ0v) is 12.7. The number of aryl methyl sites for hydroxylation is 1. The van der Waals surface area contributed by atoms with Gasteiger partial charge in [-0.3, -0.25) is 5.10 Å². The lowest BCUT2D eigenvalue weighted by atomic mass is 10.4. The fourth-order valence-electron chi connectivity index (χ4n) is 1.87. The lowest BCUT2D eigenvalue weighted by molar-refractivity contribution is 0.180. The molecular weight excluding hydrogens is 268 g/mol. The van der Waals surface area contributed by atoms with Crippen molar-refractivity contribution in [1.29, 1.82) is 0 Å². The van der Waals surface area contributed by atoms with Gasteiger partial charge in [-0.2, -0.15) is 9.40 Å². The average molecular weight is 290 g/mol. The molecule has 0 aliphatic heterocycles. The van der Waals surface area contributed by atoms with Crippen molar-refractivity contribution in [2.24, 2.45) is 0 Å². The third-order valence-corrected chi connectivity index (χ3v) is 4.98. The summed E-state index contributed by atoms with van der Waals surface area (Å²) in [6.07, 6.45) is 0. The first-order chi connectivity index (χ1) is 8.98. The van der Waals surface area contributed by atoms with E-state index >= 15 is 0 Å². The summed E-state index contributed by atoms with van der Waals surface area (Å²) in [6.45, 7) is 5.02. The van der Waals surface area contributed by atoms with E-state index in [-0.39, 0.29) is 4.90 Å². The number of nitrogens with one attached hydrogen (secondary N) is 2. The Bertz CT molecular complexity index is 498. The van der Waals surface area contributed by atoms with Crippen molar-refractivity contribution in [2.45, 2.75) is 25.3 Å². The van der Waals surface area contributed by atoms with Gasteiger partial charge in [0.15, 0.2) is 0 Å². The van der Waals surface area contributed by atoms with Crippen LogP contribution in [0.3, 0.4) is 0 Å². The molecule has 0 radical (unpaired) electrons. The van der Waals surface area contributed by atoms with Crippen molar-refractivity contribution in [3.63, 3.8) is 0 Å². The number of ether oxygens (including phenoxy) is 1. The van der Waals surface area contributed by atoms with Crippen LogP contribution < -0.4 is 5.32 Å². The molecule has 0 aliphatic carbocycles. The fourth-order valence-corrected chi connectivity index (χ4v) is 3.63. The van der Waals surface area contributed by atoms with Crippen LogP contribution in [0.15, 0.2) is 4.90 Å². The Balaban J connectivity index is 3.13. The van der Waals surface area contributed by atoms with Crippen LogP contribution >= 0.6 is 0 Å². The molecule has 110 valence electrons. The molecule has 7 nitrogen and oxygen atoms in total. The molecule has 0 saturated carbocycles. The normalized spacial score (nSPS) is 12.3. The monoisotopic (exact) mass is 290 g/mol. The summed E-state index contributed by atoms with van der Waals surface area (Å²) in [4.78, 5) is 0.264. The van der Waals surface area contributed by atoms with E-state index in [1.807, 2.05) is 0 Å². The van der Waals surface area contributed by atoms with Crippen molar-refractivity contribution in [3.05, 3.63) is 11.4 Å². The molecular formula is C11H22N4O3S. The quantitative estimate of drug-likeness (QED) is 0.709. The van der Waals surface area contributed by atoms with Crippen LogP contribution in [-0.2, 0) is 21.3 Å². The van der Waals surface area contributed by atoms with Crippen molar-refractivity contribution in [2.75, 3.05) is 33.9 Å². The number of nitrogens with zero attached hydrogens (tertiary/aromatic N) is 2. The van der Waals surface area contributed by atoms with E-state index in [9.17, 15) is 8.42 Å². The summed E-state index contributed by atoms with van der Waals surface area (Å²) in [5.41, 5.74) is 1.07. The van der Waals surface area contributed by atoms with Crippen LogP contribution in [0.2, 0.25) is 0 Å². The second-order valence-electron chi connectivity index (χ2n) is 4.14. The predicted octanol–water partition coefficient (Wildman–Crippen LogP) is 0.0945. The van der Waals surface area contributed by atoms with Gasteiger partial charge in [-0.1, -0.05) is 6.92 Å². The molecule has 1 heterocycles. The predicted molar refractivity (Wildman–Crippen MR) is 72.4 cm³/mol. The van der Waals surface area contributed by atoms with Gasteiger partial charge in [-0.05, 0) is 14.0 Å². The topological polar surface area (TPSA) is 87.3 Å². The van der Waals surface area contributed by atoms with Gasteiger partial charge in [0, 0.05) is 26.7 Å². The van der Waals surface area contributed by atoms with Crippen LogP contribution in [0.5, 0.6) is 0 Å². The zero-order valence-electron chi connectivity index (χ0n) is 11.9. The van der Waals surface area contributed by atoms with E-state index in [0.717, 1.165) is 0 Å². The molecule has 0 aliphatic rings. The molecule has 1 aromatic rings. The van der Waals surface area contributed by atoms with Gasteiger partial charge in [0.05, 0.1) is 18.0 Å². The molecule has 0 aromatic carbocycles. The SMILES string of the molecule is CCN(CCOC)S(=O)(=O)c1c(CNC)n[nH]c1C. The van der Waals surface area contributed by atoms with Crippen LogP contribution in [0.4, 0.5) is 0 Å². The maximum atomic E-state index is 12.6. The van der Waals surface area contributed by atoms with E-state index in [0.29, 0.717) is 37.6 Å². The molecule has 2 N–H and O–H groups in total. The number of aromatic amines is 1. The van der Waals surface area contributed by atoms with Crippen LogP contribution in [0.1, 0.15) is 18.3 Å². The zero-order chi connectivity index (χ0) is 14.5. The number of aromatic nitrogens is 2. The van der Waals surface area contributed by atoms with Gasteiger partial charge >= 0.3 is 0 Å². The van der Waals surface area contributed by atoms with Gasteiger partial charge in [0.25, 0.3) is 0 Å². The Morgan fingerprint density at radius 1 is 1.47 bits per heavy atom. The lowest BCUT2D eigenvalue weighted by Crippen LogP contribution is -2.34. The smallest absolute Gasteiger partial charge is 0.246 e. The van der Waals surface area contributed by atoms with E-state index in [1.165, 1.54) is 4.31 Å². The Labute approximate surface area is 114 Å². The minimum atomic E-state index is -3.54. The van der Waals surface area contributed by atoms with Gasteiger partial charge in [-0.15, -0.1) is 0 Å². The van der Waals surface area contributed by atoms with E-state index in [4.69, 9.17) is 4.74 Å². The number of likely N-dealkylation sites (N-methyl/N-ethyl adjacent to an activating group) is 1. The third-order valence-electron chi connectivity index (χ3n) is 2.80. The van der Waals surface area contributed by atoms with Crippen molar-refractivity contribution in [1.82, 2.24) is 19.8 Å². The van der Waals surface area contributed by atoms with Crippen LogP contribution in [0, 0.1) is 6.92 Å².